The number of amides is 1. The van der Waals surface area contributed by atoms with Crippen molar-refractivity contribution in [2.45, 2.75) is 23.4 Å². The van der Waals surface area contributed by atoms with Gasteiger partial charge >= 0.3 is 7.60 Å². The summed E-state index contributed by atoms with van der Waals surface area (Å²) in [5.41, 5.74) is -0.371. The molecular weight excluding hydrogens is 417 g/mol. The normalized spacial score (nSPS) is 13.3. The van der Waals surface area contributed by atoms with Gasteiger partial charge in [0.25, 0.3) is 11.6 Å². The number of nitrogens with zero attached hydrogens (tertiary/aromatic N) is 1. The monoisotopic (exact) mass is 432 g/mol. The minimum Gasteiger partial charge on any atom is -0.334 e. The van der Waals surface area contributed by atoms with Gasteiger partial charge in [0.05, 0.1) is 18.1 Å². The molecule has 0 saturated heterocycles. The van der Waals surface area contributed by atoms with Crippen LogP contribution in [0.3, 0.4) is 0 Å². The van der Waals surface area contributed by atoms with Crippen molar-refractivity contribution in [2.75, 3.05) is 13.2 Å². The number of nitrogens with one attached hydrogen (secondary N) is 1. The molecule has 1 amide bonds. The number of hydrogen-bond donors (Lipinski definition) is 1. The van der Waals surface area contributed by atoms with E-state index in [4.69, 9.17) is 43.9 Å². The van der Waals surface area contributed by atoms with E-state index in [0.717, 1.165) is 6.07 Å². The zero-order valence-electron chi connectivity index (χ0n) is 13.3. The molecule has 0 fully saturated rings. The fraction of sp³-hybridized carbons (Fsp3) is 0.462. The highest BCUT2D eigenvalue weighted by Gasteiger charge is 2.49. The van der Waals surface area contributed by atoms with E-state index in [9.17, 15) is 19.5 Å². The van der Waals surface area contributed by atoms with Gasteiger partial charge in [-0.2, -0.15) is 0 Å². The number of nitro benzene ring substituents is 1. The van der Waals surface area contributed by atoms with Crippen molar-refractivity contribution >= 4 is 54.0 Å². The molecule has 12 heteroatoms. The molecule has 0 saturated carbocycles. The van der Waals surface area contributed by atoms with Gasteiger partial charge < -0.3 is 14.4 Å². The van der Waals surface area contributed by atoms with Crippen LogP contribution in [0.25, 0.3) is 0 Å². The first kappa shape index (κ1) is 22.2. The van der Waals surface area contributed by atoms with Crippen molar-refractivity contribution in [1.82, 2.24) is 5.32 Å². The predicted molar refractivity (Wildman–Crippen MR) is 95.5 cm³/mol. The number of benzene rings is 1. The number of rotatable bonds is 8. The van der Waals surface area contributed by atoms with Gasteiger partial charge in [-0.25, -0.2) is 0 Å². The number of carbonyl (C=O) groups excluding carboxylic acids is 1. The second kappa shape index (κ2) is 9.16. The van der Waals surface area contributed by atoms with Gasteiger partial charge in [0, 0.05) is 17.7 Å². The molecule has 0 radical (unpaired) electrons. The van der Waals surface area contributed by atoms with E-state index in [2.05, 4.69) is 5.32 Å². The van der Waals surface area contributed by atoms with Crippen molar-refractivity contribution in [1.29, 1.82) is 0 Å². The van der Waals surface area contributed by atoms with Gasteiger partial charge in [-0.1, -0.05) is 40.9 Å². The summed E-state index contributed by atoms with van der Waals surface area (Å²) < 4.78 is 20.9. The predicted octanol–water partition coefficient (Wildman–Crippen LogP) is 4.29. The van der Waals surface area contributed by atoms with Gasteiger partial charge in [0.2, 0.25) is 3.79 Å². The van der Waals surface area contributed by atoms with Crippen LogP contribution in [-0.2, 0) is 13.6 Å². The van der Waals surface area contributed by atoms with Crippen molar-refractivity contribution in [3.05, 3.63) is 39.9 Å². The molecule has 0 spiro atoms. The van der Waals surface area contributed by atoms with Crippen LogP contribution < -0.4 is 5.32 Å². The molecule has 0 heterocycles. The zero-order valence-corrected chi connectivity index (χ0v) is 16.4. The molecule has 25 heavy (non-hydrogen) atoms. The van der Waals surface area contributed by atoms with E-state index in [1.165, 1.54) is 18.2 Å². The molecule has 8 nitrogen and oxygen atoms in total. The molecule has 0 aliphatic heterocycles. The molecule has 1 aromatic rings. The van der Waals surface area contributed by atoms with E-state index in [1.54, 1.807) is 13.8 Å². The van der Waals surface area contributed by atoms with Crippen molar-refractivity contribution in [3.8, 4) is 0 Å². The van der Waals surface area contributed by atoms with Gasteiger partial charge in [-0.3, -0.25) is 19.5 Å². The maximum Gasteiger partial charge on any atom is 0.357 e. The largest absolute Gasteiger partial charge is 0.357 e. The quantitative estimate of drug-likeness (QED) is 0.284. The highest BCUT2D eigenvalue weighted by Crippen LogP contribution is 2.58. The summed E-state index contributed by atoms with van der Waals surface area (Å²) in [6, 6.07) is 4.90. The molecule has 1 aromatic carbocycles. The molecule has 1 atom stereocenters. The molecule has 0 aromatic heterocycles. The summed E-state index contributed by atoms with van der Waals surface area (Å²) in [4.78, 5) is 22.5. The summed E-state index contributed by atoms with van der Waals surface area (Å²) in [5.74, 6) is -2.45. The third-order valence-corrected chi connectivity index (χ3v) is 6.33. The van der Waals surface area contributed by atoms with Crippen LogP contribution in [-0.4, -0.2) is 33.6 Å². The van der Waals surface area contributed by atoms with Crippen LogP contribution in [0, 0.1) is 10.1 Å². The molecule has 0 unspecified atom stereocenters. The Morgan fingerprint density at radius 3 is 2.32 bits per heavy atom. The Morgan fingerprint density at radius 1 is 1.32 bits per heavy atom. The lowest BCUT2D eigenvalue weighted by molar-refractivity contribution is -0.384. The Morgan fingerprint density at radius 2 is 1.88 bits per heavy atom. The summed E-state index contributed by atoms with van der Waals surface area (Å²) in [6.45, 7) is 3.09. The number of hydrogen-bond acceptors (Lipinski definition) is 6. The third kappa shape index (κ3) is 6.09. The number of nitro groups is 1. The van der Waals surface area contributed by atoms with Crippen LogP contribution in [0.15, 0.2) is 24.3 Å². The standard InChI is InChI=1S/C13H16Cl3N2O6P/c1-3-23-25(22,24-4-2)12(13(14,15)16)17-11(19)9-6-5-7-10(8-9)18(20)21/h5-8,12H,3-4H2,1-2H3,(H,17,19)/t12-/m1/s1. The van der Waals surface area contributed by atoms with Gasteiger partial charge in [0.1, 0.15) is 0 Å². The Labute approximate surface area is 159 Å². The van der Waals surface area contributed by atoms with Crippen LogP contribution >= 0.6 is 42.4 Å². The Bertz CT molecular complexity index is 672. The highest BCUT2D eigenvalue weighted by molar-refractivity contribution is 7.55. The first-order valence-corrected chi connectivity index (χ1v) is 9.80. The summed E-state index contributed by atoms with van der Waals surface area (Å²) >= 11 is 17.5. The highest BCUT2D eigenvalue weighted by atomic mass is 35.6. The average molecular weight is 434 g/mol. The fourth-order valence-electron chi connectivity index (χ4n) is 1.85. The van der Waals surface area contributed by atoms with E-state index in [1.807, 2.05) is 0 Å². The molecule has 0 bridgehead atoms. The summed E-state index contributed by atoms with van der Waals surface area (Å²) in [6.07, 6.45) is 0. The van der Waals surface area contributed by atoms with E-state index in [0.29, 0.717) is 0 Å². The number of carbonyl (C=O) groups is 1. The van der Waals surface area contributed by atoms with E-state index in [-0.39, 0.29) is 24.5 Å². The number of non-ortho nitro benzene ring substituents is 1. The lowest BCUT2D eigenvalue weighted by Gasteiger charge is -2.31. The average Bonchev–Trinajstić information content (AvgIpc) is 2.51. The van der Waals surface area contributed by atoms with Crippen LogP contribution in [0.5, 0.6) is 0 Å². The summed E-state index contributed by atoms with van der Waals surface area (Å²) in [7, 11) is -4.02. The van der Waals surface area contributed by atoms with Gasteiger partial charge in [0.15, 0.2) is 5.78 Å². The fourth-order valence-corrected chi connectivity index (χ4v) is 4.82. The molecule has 1 N–H and O–H groups in total. The Balaban J connectivity index is 3.18. The Kier molecular flexibility index (Phi) is 8.12. The second-order valence-electron chi connectivity index (χ2n) is 4.60. The second-order valence-corrected chi connectivity index (χ2v) is 9.08. The van der Waals surface area contributed by atoms with Crippen LogP contribution in [0.4, 0.5) is 5.69 Å². The molecule has 0 aliphatic rings. The van der Waals surface area contributed by atoms with E-state index < -0.39 is 28.0 Å². The number of halogens is 3. The molecule has 1 rings (SSSR count). The zero-order chi connectivity index (χ0) is 19.3. The molecular formula is C13H16Cl3N2O6P. The third-order valence-electron chi connectivity index (χ3n) is 2.83. The van der Waals surface area contributed by atoms with Gasteiger partial charge in [-0.15, -0.1) is 0 Å². The molecule has 140 valence electrons. The minimum atomic E-state index is -4.02. The topological polar surface area (TPSA) is 108 Å². The first-order valence-electron chi connectivity index (χ1n) is 7.06. The van der Waals surface area contributed by atoms with Crippen molar-refractivity contribution < 1.29 is 23.3 Å². The summed E-state index contributed by atoms with van der Waals surface area (Å²) in [5, 5.41) is 13.1. The minimum absolute atomic E-state index is 0.0127. The number of alkyl halides is 3. The SMILES string of the molecule is CCOP(=O)(OCC)[C@@H](NC(=O)c1cccc([N+](=O)[O-])c1)C(Cl)(Cl)Cl. The maximum absolute atomic E-state index is 12.9. The van der Waals surface area contributed by atoms with Crippen molar-refractivity contribution in [3.63, 3.8) is 0 Å². The van der Waals surface area contributed by atoms with Crippen molar-refractivity contribution in [2.24, 2.45) is 0 Å². The van der Waals surface area contributed by atoms with Crippen LogP contribution in [0.2, 0.25) is 0 Å². The smallest absolute Gasteiger partial charge is 0.334 e. The van der Waals surface area contributed by atoms with Crippen LogP contribution in [0.1, 0.15) is 24.2 Å². The Hall–Kier alpha value is -0.890. The lowest BCUT2D eigenvalue weighted by Crippen LogP contribution is -2.44. The molecule has 0 aliphatic carbocycles. The first-order chi connectivity index (χ1) is 11.5. The van der Waals surface area contributed by atoms with E-state index >= 15 is 0 Å². The lowest BCUT2D eigenvalue weighted by atomic mass is 10.2. The van der Waals surface area contributed by atoms with Gasteiger partial charge in [-0.05, 0) is 19.9 Å². The maximum atomic E-state index is 12.9.